The average Bonchev–Trinajstić information content (AvgIpc) is 2.79. The van der Waals surface area contributed by atoms with E-state index in [0.29, 0.717) is 29.5 Å². The van der Waals surface area contributed by atoms with Crippen LogP contribution in [-0.4, -0.2) is 36.9 Å². The molecule has 0 aliphatic carbocycles. The Bertz CT molecular complexity index is 838. The summed E-state index contributed by atoms with van der Waals surface area (Å²) < 4.78 is 43.7. The van der Waals surface area contributed by atoms with Gasteiger partial charge >= 0.3 is 6.18 Å². The first-order valence-corrected chi connectivity index (χ1v) is 11.4. The molecule has 3 nitrogen and oxygen atoms in total. The Hall–Kier alpha value is -2.05. The largest absolute Gasteiger partial charge is 0.493 e. The number of alkyl halides is 3. The highest BCUT2D eigenvalue weighted by Crippen LogP contribution is 2.30. The zero-order valence-electron chi connectivity index (χ0n) is 18.8. The maximum Gasteiger partial charge on any atom is 0.416 e. The summed E-state index contributed by atoms with van der Waals surface area (Å²) in [6, 6.07) is 11.7. The van der Waals surface area contributed by atoms with Crippen molar-refractivity contribution in [2.45, 2.75) is 39.8 Å². The lowest BCUT2D eigenvalue weighted by Gasteiger charge is -2.34. The van der Waals surface area contributed by atoms with Crippen molar-refractivity contribution in [2.24, 2.45) is 11.8 Å². The van der Waals surface area contributed by atoms with Gasteiger partial charge in [-0.2, -0.15) is 13.2 Å². The number of carbonyl (C=O) groups is 1. The molecule has 32 heavy (non-hydrogen) atoms. The molecule has 0 aromatic heterocycles. The van der Waals surface area contributed by atoms with Gasteiger partial charge in [0.05, 0.1) is 12.2 Å². The van der Waals surface area contributed by atoms with E-state index in [1.807, 2.05) is 20.8 Å². The van der Waals surface area contributed by atoms with E-state index < -0.39 is 11.7 Å². The van der Waals surface area contributed by atoms with Crippen molar-refractivity contribution in [1.29, 1.82) is 0 Å². The van der Waals surface area contributed by atoms with E-state index in [1.54, 1.807) is 24.3 Å². The number of piperidine rings is 1. The van der Waals surface area contributed by atoms with Crippen molar-refractivity contribution in [2.75, 3.05) is 26.2 Å². The number of benzene rings is 2. The molecule has 0 saturated carbocycles. The number of halogens is 4. The number of rotatable bonds is 7. The van der Waals surface area contributed by atoms with Crippen molar-refractivity contribution in [3.63, 3.8) is 0 Å². The lowest BCUT2D eigenvalue weighted by molar-refractivity contribution is -0.137. The first kappa shape index (κ1) is 26.2. The summed E-state index contributed by atoms with van der Waals surface area (Å²) in [6.45, 7) is 8.77. The minimum atomic E-state index is -4.34. The van der Waals surface area contributed by atoms with Gasteiger partial charge < -0.3 is 9.64 Å². The van der Waals surface area contributed by atoms with Crippen LogP contribution in [0.15, 0.2) is 48.5 Å². The minimum Gasteiger partial charge on any atom is -0.493 e. The zero-order chi connectivity index (χ0) is 23.7. The van der Waals surface area contributed by atoms with Crippen LogP contribution in [-0.2, 0) is 6.18 Å². The highest BCUT2D eigenvalue weighted by Gasteiger charge is 2.30. The molecule has 2 aromatic rings. The summed E-state index contributed by atoms with van der Waals surface area (Å²) >= 11 is 5.89. The first-order chi connectivity index (χ1) is 15.2. The molecule has 176 valence electrons. The minimum absolute atomic E-state index is 0.0924. The number of ether oxygens (including phenoxy) is 1. The molecule has 0 N–H and O–H groups in total. The van der Waals surface area contributed by atoms with Gasteiger partial charge in [0, 0.05) is 35.5 Å². The summed E-state index contributed by atoms with van der Waals surface area (Å²) in [5.41, 5.74) is -0.0240. The van der Waals surface area contributed by atoms with E-state index in [1.165, 1.54) is 12.1 Å². The molecule has 2 aromatic carbocycles. The van der Waals surface area contributed by atoms with Gasteiger partial charge in [-0.25, -0.2) is 0 Å². The number of ketones is 1. The fraction of sp³-hybridized carbons (Fsp3) is 0.480. The molecule has 3 rings (SSSR count). The molecular weight excluding hydrogens is 439 g/mol. The number of likely N-dealkylation sites (tertiary alicyclic amines) is 1. The summed E-state index contributed by atoms with van der Waals surface area (Å²) in [6.07, 6.45) is -2.35. The predicted octanol–water partition coefficient (Wildman–Crippen LogP) is 6.99. The van der Waals surface area contributed by atoms with E-state index >= 15 is 0 Å². The van der Waals surface area contributed by atoms with Crippen molar-refractivity contribution < 1.29 is 22.7 Å². The highest BCUT2D eigenvalue weighted by atomic mass is 35.5. The van der Waals surface area contributed by atoms with Crippen molar-refractivity contribution in [1.82, 2.24) is 4.90 Å². The molecular formula is C25H31ClF3NO2. The Morgan fingerprint density at radius 3 is 2.34 bits per heavy atom. The molecule has 0 spiro atoms. The Balaban J connectivity index is 0.00000176. The quantitative estimate of drug-likeness (QED) is 0.409. The van der Waals surface area contributed by atoms with Crippen LogP contribution >= 0.6 is 11.6 Å². The molecule has 2 unspecified atom stereocenters. The third kappa shape index (κ3) is 7.82. The summed E-state index contributed by atoms with van der Waals surface area (Å²) in [7, 11) is 0. The lowest BCUT2D eigenvalue weighted by atomic mass is 9.95. The summed E-state index contributed by atoms with van der Waals surface area (Å²) in [5, 5.41) is 0.603. The number of hydrogen-bond acceptors (Lipinski definition) is 3. The number of hydrogen-bond donors (Lipinski definition) is 0. The van der Waals surface area contributed by atoms with Gasteiger partial charge in [-0.15, -0.1) is 0 Å². The topological polar surface area (TPSA) is 29.5 Å². The van der Waals surface area contributed by atoms with Crippen LogP contribution in [0.3, 0.4) is 0 Å². The fourth-order valence-electron chi connectivity index (χ4n) is 3.78. The van der Waals surface area contributed by atoms with Crippen molar-refractivity contribution in [3.8, 4) is 5.75 Å². The number of nitrogens with zero attached hydrogens (tertiary/aromatic N) is 1. The van der Waals surface area contributed by atoms with Crippen molar-refractivity contribution in [3.05, 3.63) is 64.7 Å². The molecule has 1 aliphatic heterocycles. The number of Topliss-reactive ketones (excluding diaryl/α,β-unsaturated/α-hetero) is 1. The van der Waals surface area contributed by atoms with Gasteiger partial charge in [0.1, 0.15) is 5.75 Å². The van der Waals surface area contributed by atoms with Crippen LogP contribution in [0.4, 0.5) is 13.2 Å². The van der Waals surface area contributed by atoms with Crippen LogP contribution in [0.25, 0.3) is 0 Å². The summed E-state index contributed by atoms with van der Waals surface area (Å²) in [4.78, 5) is 14.9. The molecule has 2 atom stereocenters. The monoisotopic (exact) mass is 469 g/mol. The van der Waals surface area contributed by atoms with E-state index in [-0.39, 0.29) is 17.6 Å². The number of carbonyl (C=O) groups excluding carboxylic acids is 1. The molecule has 1 saturated heterocycles. The van der Waals surface area contributed by atoms with Crippen LogP contribution in [0.1, 0.15) is 49.5 Å². The van der Waals surface area contributed by atoms with Crippen LogP contribution in [0.5, 0.6) is 5.75 Å². The smallest absolute Gasteiger partial charge is 0.416 e. The first-order valence-electron chi connectivity index (χ1n) is 11.0. The SMILES string of the molecule is CC.CC(CN1CCCC(COc2ccc(C(F)(F)F)cc2)C1)C(=O)c1ccc(Cl)cc1. The highest BCUT2D eigenvalue weighted by molar-refractivity contribution is 6.30. The molecule has 0 radical (unpaired) electrons. The van der Waals surface area contributed by atoms with E-state index in [2.05, 4.69) is 4.90 Å². The average molecular weight is 470 g/mol. The Morgan fingerprint density at radius 1 is 1.12 bits per heavy atom. The normalized spacial score (nSPS) is 17.8. The lowest BCUT2D eigenvalue weighted by Crippen LogP contribution is -2.41. The third-order valence-electron chi connectivity index (χ3n) is 5.38. The van der Waals surface area contributed by atoms with E-state index in [9.17, 15) is 18.0 Å². The Kier molecular flexibility index (Phi) is 10.0. The maximum atomic E-state index is 12.7. The predicted molar refractivity (Wildman–Crippen MR) is 122 cm³/mol. The molecule has 7 heteroatoms. The Morgan fingerprint density at radius 2 is 1.75 bits per heavy atom. The van der Waals surface area contributed by atoms with Crippen molar-refractivity contribution >= 4 is 17.4 Å². The van der Waals surface area contributed by atoms with Gasteiger partial charge in [0.2, 0.25) is 0 Å². The second-order valence-corrected chi connectivity index (χ2v) is 8.31. The van der Waals surface area contributed by atoms with Gasteiger partial charge in [-0.1, -0.05) is 32.4 Å². The van der Waals surface area contributed by atoms with E-state index in [0.717, 1.165) is 38.1 Å². The van der Waals surface area contributed by atoms with Crippen LogP contribution in [0, 0.1) is 11.8 Å². The molecule has 1 fully saturated rings. The maximum absolute atomic E-state index is 12.7. The molecule has 0 amide bonds. The second-order valence-electron chi connectivity index (χ2n) is 7.87. The van der Waals surface area contributed by atoms with E-state index in [4.69, 9.17) is 16.3 Å². The second kappa shape index (κ2) is 12.3. The standard InChI is InChI=1S/C23H25ClF3NO2.C2H6/c1-16(22(29)18-4-8-20(24)9-5-18)13-28-12-2-3-17(14-28)15-30-21-10-6-19(7-11-21)23(25,26)27;1-2/h4-11,16-17H,2-3,12-15H2,1H3;1-2H3. The molecule has 1 aliphatic rings. The van der Waals surface area contributed by atoms with Crippen LogP contribution in [0.2, 0.25) is 5.02 Å². The van der Waals surface area contributed by atoms with Gasteiger partial charge in [0.25, 0.3) is 0 Å². The molecule has 0 bridgehead atoms. The Labute approximate surface area is 193 Å². The van der Waals surface area contributed by atoms with Gasteiger partial charge in [0.15, 0.2) is 5.78 Å². The van der Waals surface area contributed by atoms with Crippen LogP contribution < -0.4 is 4.74 Å². The van der Waals surface area contributed by atoms with Gasteiger partial charge in [-0.05, 0) is 67.9 Å². The molecule has 1 heterocycles. The van der Waals surface area contributed by atoms with Gasteiger partial charge in [-0.3, -0.25) is 4.79 Å². The fourth-order valence-corrected chi connectivity index (χ4v) is 3.90. The summed E-state index contributed by atoms with van der Waals surface area (Å²) in [5.74, 6) is 0.667. The third-order valence-corrected chi connectivity index (χ3v) is 5.63. The zero-order valence-corrected chi connectivity index (χ0v) is 19.5.